The Morgan fingerprint density at radius 3 is 2.67 bits per heavy atom. The van der Waals surface area contributed by atoms with Gasteiger partial charge in [0.2, 0.25) is 0 Å². The third-order valence-corrected chi connectivity index (χ3v) is 4.76. The molecule has 4 rings (SSSR count). The molecule has 1 aromatic carbocycles. The molecule has 0 N–H and O–H groups in total. The third-order valence-electron chi connectivity index (χ3n) is 4.30. The fourth-order valence-corrected chi connectivity index (χ4v) is 3.49. The Labute approximate surface area is 128 Å². The molecule has 0 radical (unpaired) electrons. The van der Waals surface area contributed by atoms with Crippen molar-refractivity contribution in [3.05, 3.63) is 35.9 Å². The zero-order valence-corrected chi connectivity index (χ0v) is 12.4. The van der Waals surface area contributed by atoms with Gasteiger partial charge in [0.1, 0.15) is 17.8 Å². The van der Waals surface area contributed by atoms with Crippen molar-refractivity contribution in [1.82, 2.24) is 0 Å². The molecule has 0 bridgehead atoms. The van der Waals surface area contributed by atoms with Gasteiger partial charge in [0.25, 0.3) is 0 Å². The van der Waals surface area contributed by atoms with E-state index in [4.69, 9.17) is 35.3 Å². The van der Waals surface area contributed by atoms with E-state index in [9.17, 15) is 0 Å². The number of hydrogen-bond acceptors (Lipinski definition) is 5. The van der Waals surface area contributed by atoms with Gasteiger partial charge in [0, 0.05) is 19.1 Å². The van der Waals surface area contributed by atoms with E-state index in [0.717, 1.165) is 5.56 Å². The van der Waals surface area contributed by atoms with Crippen molar-refractivity contribution in [2.45, 2.75) is 42.4 Å². The van der Waals surface area contributed by atoms with E-state index < -0.39 is 11.9 Å². The maximum absolute atomic E-state index is 6.20. The minimum atomic E-state index is -0.526. The summed E-state index contributed by atoms with van der Waals surface area (Å²) < 4.78 is 28.7. The topological polar surface area (TPSA) is 49.5 Å². The molecule has 0 saturated carbocycles. The Bertz CT molecular complexity index is 512. The highest BCUT2D eigenvalue weighted by molar-refractivity contribution is 6.22. The number of fused-ring (bicyclic) bond motifs is 2. The lowest BCUT2D eigenvalue weighted by atomic mass is 9.91. The second-order valence-electron chi connectivity index (χ2n) is 5.57. The van der Waals surface area contributed by atoms with Crippen LogP contribution in [-0.2, 0) is 23.7 Å². The van der Waals surface area contributed by atoms with E-state index in [1.54, 1.807) is 7.11 Å². The number of methoxy groups -OCH3 is 1. The van der Waals surface area contributed by atoms with Crippen molar-refractivity contribution >= 4 is 11.6 Å². The largest absolute Gasteiger partial charge is 0.356 e. The summed E-state index contributed by atoms with van der Waals surface area (Å²) in [6.45, 7) is 0.429. The van der Waals surface area contributed by atoms with Gasteiger partial charge in [-0.2, -0.15) is 0 Å². The molecule has 21 heavy (non-hydrogen) atoms. The molecule has 1 spiro atoms. The van der Waals surface area contributed by atoms with Crippen molar-refractivity contribution in [1.29, 1.82) is 0 Å². The van der Waals surface area contributed by atoms with Gasteiger partial charge in [0.05, 0.1) is 6.61 Å². The molecule has 1 unspecified atom stereocenters. The van der Waals surface area contributed by atoms with E-state index in [2.05, 4.69) is 0 Å². The molecule has 5 nitrogen and oxygen atoms in total. The molecule has 0 amide bonds. The Morgan fingerprint density at radius 2 is 2.00 bits per heavy atom. The second-order valence-corrected chi connectivity index (χ2v) is 5.96. The molecular formula is C15H17ClO5. The maximum atomic E-state index is 6.20. The van der Waals surface area contributed by atoms with Crippen LogP contribution >= 0.6 is 11.6 Å². The standard InChI is InChI=1S/C15H17ClO5/c1-17-11-7-15(14(16)21-15)12-10(19-11)8-18-13(20-12)9-5-3-2-4-6-9/h2-6,10-14H,7-8H2,1H3/t10-,11+,12-,13?,14+,15-/m1/s1. The van der Waals surface area contributed by atoms with Gasteiger partial charge in [-0.25, -0.2) is 0 Å². The first kappa shape index (κ1) is 13.9. The number of hydrogen-bond donors (Lipinski definition) is 0. The van der Waals surface area contributed by atoms with Gasteiger partial charge in [-0.3, -0.25) is 0 Å². The van der Waals surface area contributed by atoms with E-state index in [0.29, 0.717) is 13.0 Å². The second kappa shape index (κ2) is 5.19. The molecule has 0 aliphatic carbocycles. The van der Waals surface area contributed by atoms with Crippen LogP contribution in [0, 0.1) is 0 Å². The summed E-state index contributed by atoms with van der Waals surface area (Å²) in [7, 11) is 1.61. The first-order valence-corrected chi connectivity index (χ1v) is 7.49. The van der Waals surface area contributed by atoms with Crippen LogP contribution < -0.4 is 0 Å². The number of alkyl halides is 1. The van der Waals surface area contributed by atoms with E-state index in [-0.39, 0.29) is 24.1 Å². The summed E-state index contributed by atoms with van der Waals surface area (Å²) in [6.07, 6.45) is -0.659. The molecule has 0 aromatic heterocycles. The normalized spacial score (nSPS) is 45.3. The van der Waals surface area contributed by atoms with E-state index in [1.165, 1.54) is 0 Å². The van der Waals surface area contributed by atoms with Crippen LogP contribution in [0.5, 0.6) is 0 Å². The molecule has 114 valence electrons. The van der Waals surface area contributed by atoms with Gasteiger partial charge in [-0.1, -0.05) is 41.9 Å². The average Bonchev–Trinajstić information content (AvgIpc) is 3.17. The first-order chi connectivity index (χ1) is 10.2. The van der Waals surface area contributed by atoms with Crippen LogP contribution in [0.4, 0.5) is 0 Å². The summed E-state index contributed by atoms with van der Waals surface area (Å²) in [5.74, 6) is 0. The average molecular weight is 313 g/mol. The molecule has 3 aliphatic rings. The Kier molecular flexibility index (Phi) is 3.45. The predicted molar refractivity (Wildman–Crippen MR) is 73.8 cm³/mol. The minimum absolute atomic E-state index is 0.229. The molecule has 6 atom stereocenters. The highest BCUT2D eigenvalue weighted by atomic mass is 35.5. The van der Waals surface area contributed by atoms with Gasteiger partial charge in [0.15, 0.2) is 18.1 Å². The van der Waals surface area contributed by atoms with Gasteiger partial charge >= 0.3 is 0 Å². The summed E-state index contributed by atoms with van der Waals surface area (Å²) >= 11 is 6.20. The van der Waals surface area contributed by atoms with E-state index in [1.807, 2.05) is 30.3 Å². The summed E-state index contributed by atoms with van der Waals surface area (Å²) in [6, 6.07) is 9.83. The van der Waals surface area contributed by atoms with Crippen LogP contribution in [0.1, 0.15) is 18.3 Å². The predicted octanol–water partition coefficient (Wildman–Crippen LogP) is 2.20. The van der Waals surface area contributed by atoms with Crippen molar-refractivity contribution in [2.75, 3.05) is 13.7 Å². The lowest BCUT2D eigenvalue weighted by molar-refractivity contribution is -0.329. The smallest absolute Gasteiger partial charge is 0.184 e. The highest BCUT2D eigenvalue weighted by Gasteiger charge is 2.68. The molecule has 3 heterocycles. The number of benzene rings is 1. The summed E-state index contributed by atoms with van der Waals surface area (Å²) in [4.78, 5) is 0. The monoisotopic (exact) mass is 312 g/mol. The molecule has 3 fully saturated rings. The fourth-order valence-electron chi connectivity index (χ4n) is 3.11. The van der Waals surface area contributed by atoms with Gasteiger partial charge < -0.3 is 23.7 Å². The molecule has 6 heteroatoms. The van der Waals surface area contributed by atoms with Crippen molar-refractivity contribution < 1.29 is 23.7 Å². The number of rotatable bonds is 2. The van der Waals surface area contributed by atoms with Crippen molar-refractivity contribution in [3.8, 4) is 0 Å². The lowest BCUT2D eigenvalue weighted by Gasteiger charge is -2.44. The van der Waals surface area contributed by atoms with Crippen LogP contribution in [0.2, 0.25) is 0 Å². The van der Waals surface area contributed by atoms with Crippen LogP contribution in [0.25, 0.3) is 0 Å². The fraction of sp³-hybridized carbons (Fsp3) is 0.600. The van der Waals surface area contributed by atoms with Gasteiger partial charge in [-0.15, -0.1) is 0 Å². The maximum Gasteiger partial charge on any atom is 0.184 e. The lowest BCUT2D eigenvalue weighted by Crippen LogP contribution is -2.57. The highest BCUT2D eigenvalue weighted by Crippen LogP contribution is 2.53. The molecule has 3 aliphatic heterocycles. The first-order valence-electron chi connectivity index (χ1n) is 7.05. The molecule has 1 aromatic rings. The van der Waals surface area contributed by atoms with Crippen LogP contribution in [-0.4, -0.2) is 43.4 Å². The summed E-state index contributed by atoms with van der Waals surface area (Å²) in [5.41, 5.74) is 0.0925. The minimum Gasteiger partial charge on any atom is -0.356 e. The number of halogens is 1. The zero-order chi connectivity index (χ0) is 14.4. The summed E-state index contributed by atoms with van der Waals surface area (Å²) in [5, 5.41) is 0. The van der Waals surface area contributed by atoms with Gasteiger partial charge in [-0.05, 0) is 0 Å². The van der Waals surface area contributed by atoms with Crippen LogP contribution in [0.3, 0.4) is 0 Å². The van der Waals surface area contributed by atoms with Crippen molar-refractivity contribution in [3.63, 3.8) is 0 Å². The van der Waals surface area contributed by atoms with Crippen molar-refractivity contribution in [2.24, 2.45) is 0 Å². The third kappa shape index (κ3) is 2.29. The Hall–Kier alpha value is -0.690. The SMILES string of the molecule is CO[C@@H]1C[C@@]2(O[C@@H]2Cl)[C@@H]2OC(c3ccccc3)OC[C@H]2O1. The van der Waals surface area contributed by atoms with Crippen LogP contribution in [0.15, 0.2) is 30.3 Å². The van der Waals surface area contributed by atoms with E-state index >= 15 is 0 Å². The number of ether oxygens (including phenoxy) is 5. The molecular weight excluding hydrogens is 296 g/mol. The zero-order valence-electron chi connectivity index (χ0n) is 11.6. The number of epoxide rings is 1. The Balaban J connectivity index is 1.56. The quantitative estimate of drug-likeness (QED) is 0.619. The Morgan fingerprint density at radius 1 is 1.24 bits per heavy atom. The molecule has 3 saturated heterocycles.